The number of nitrogens with one attached hydrogen (secondary N) is 1. The van der Waals surface area contributed by atoms with Gasteiger partial charge in [0.15, 0.2) is 5.76 Å². The first kappa shape index (κ1) is 13.7. The SMILES string of the molecule is NCCCn1cc(S(=O)(=O)NCc2ccno2)cn1. The minimum Gasteiger partial charge on any atom is -0.360 e. The van der Waals surface area contributed by atoms with Crippen LogP contribution >= 0.6 is 0 Å². The molecule has 2 aromatic rings. The first-order valence-corrected chi connectivity index (χ1v) is 7.22. The monoisotopic (exact) mass is 285 g/mol. The van der Waals surface area contributed by atoms with E-state index >= 15 is 0 Å². The van der Waals surface area contributed by atoms with Crippen molar-refractivity contribution < 1.29 is 12.9 Å². The normalized spacial score (nSPS) is 11.8. The Hall–Kier alpha value is -1.71. The first-order chi connectivity index (χ1) is 9.12. The van der Waals surface area contributed by atoms with Crippen LogP contribution in [-0.4, -0.2) is 29.9 Å². The number of hydrogen-bond acceptors (Lipinski definition) is 6. The van der Waals surface area contributed by atoms with E-state index in [9.17, 15) is 8.42 Å². The van der Waals surface area contributed by atoms with Crippen LogP contribution in [0.4, 0.5) is 0 Å². The van der Waals surface area contributed by atoms with E-state index < -0.39 is 10.0 Å². The fourth-order valence-corrected chi connectivity index (χ4v) is 2.39. The average Bonchev–Trinajstić information content (AvgIpc) is 3.05. The van der Waals surface area contributed by atoms with Crippen LogP contribution in [0.2, 0.25) is 0 Å². The Balaban J connectivity index is 2.00. The van der Waals surface area contributed by atoms with Crippen LogP contribution < -0.4 is 10.5 Å². The van der Waals surface area contributed by atoms with Gasteiger partial charge in [-0.1, -0.05) is 5.16 Å². The highest BCUT2D eigenvalue weighted by molar-refractivity contribution is 7.89. The van der Waals surface area contributed by atoms with Crippen LogP contribution in [0, 0.1) is 0 Å². The van der Waals surface area contributed by atoms with Crippen molar-refractivity contribution in [2.75, 3.05) is 6.54 Å². The zero-order chi connectivity index (χ0) is 13.7. The molecule has 0 saturated heterocycles. The molecule has 0 amide bonds. The molecule has 0 unspecified atom stereocenters. The molecule has 0 aliphatic rings. The molecule has 0 atom stereocenters. The van der Waals surface area contributed by atoms with Gasteiger partial charge in [-0.25, -0.2) is 13.1 Å². The molecule has 8 nitrogen and oxygen atoms in total. The van der Waals surface area contributed by atoms with Crippen molar-refractivity contribution in [1.29, 1.82) is 0 Å². The van der Waals surface area contributed by atoms with Crippen molar-refractivity contribution in [3.05, 3.63) is 30.4 Å². The first-order valence-electron chi connectivity index (χ1n) is 5.73. The topological polar surface area (TPSA) is 116 Å². The highest BCUT2D eigenvalue weighted by Crippen LogP contribution is 2.08. The van der Waals surface area contributed by atoms with Crippen molar-refractivity contribution in [2.45, 2.75) is 24.4 Å². The van der Waals surface area contributed by atoms with Crippen molar-refractivity contribution in [3.8, 4) is 0 Å². The van der Waals surface area contributed by atoms with Crippen molar-refractivity contribution in [3.63, 3.8) is 0 Å². The molecule has 2 heterocycles. The fourth-order valence-electron chi connectivity index (χ4n) is 1.44. The fraction of sp³-hybridized carbons (Fsp3) is 0.400. The number of nitrogens with two attached hydrogens (primary N) is 1. The van der Waals surface area contributed by atoms with Crippen LogP contribution in [0.3, 0.4) is 0 Å². The lowest BCUT2D eigenvalue weighted by Crippen LogP contribution is -2.22. The molecule has 2 aromatic heterocycles. The molecule has 0 saturated carbocycles. The van der Waals surface area contributed by atoms with Crippen LogP contribution in [0.15, 0.2) is 34.1 Å². The minimum absolute atomic E-state index is 0.0519. The standard InChI is InChI=1S/C10H15N5O3S/c11-3-1-5-15-8-10(7-12-15)19(16,17)14-6-9-2-4-13-18-9/h2,4,7-8,14H,1,3,5-6,11H2. The van der Waals surface area contributed by atoms with Crippen LogP contribution in [-0.2, 0) is 23.1 Å². The molecule has 19 heavy (non-hydrogen) atoms. The van der Waals surface area contributed by atoms with Gasteiger partial charge in [-0.2, -0.15) is 5.10 Å². The Kier molecular flexibility index (Phi) is 4.30. The Morgan fingerprint density at radius 2 is 2.32 bits per heavy atom. The van der Waals surface area contributed by atoms with Gasteiger partial charge in [-0.15, -0.1) is 0 Å². The average molecular weight is 285 g/mol. The summed E-state index contributed by atoms with van der Waals surface area (Å²) in [7, 11) is -3.59. The molecule has 0 aliphatic carbocycles. The van der Waals surface area contributed by atoms with Crippen LogP contribution in [0.5, 0.6) is 0 Å². The summed E-state index contributed by atoms with van der Waals surface area (Å²) in [5.41, 5.74) is 5.38. The molecule has 9 heteroatoms. The third-order valence-electron chi connectivity index (χ3n) is 2.44. The maximum Gasteiger partial charge on any atom is 0.244 e. The van der Waals surface area contributed by atoms with E-state index in [-0.39, 0.29) is 11.4 Å². The second kappa shape index (κ2) is 5.95. The second-order valence-corrected chi connectivity index (χ2v) is 5.65. The number of aryl methyl sites for hydroxylation is 1. The number of nitrogens with zero attached hydrogens (tertiary/aromatic N) is 3. The van der Waals surface area contributed by atoms with Gasteiger partial charge in [0.1, 0.15) is 4.90 Å². The molecule has 0 fully saturated rings. The van der Waals surface area contributed by atoms with E-state index in [0.717, 1.165) is 6.42 Å². The summed E-state index contributed by atoms with van der Waals surface area (Å²) in [5, 5.41) is 7.47. The van der Waals surface area contributed by atoms with Gasteiger partial charge in [0.2, 0.25) is 10.0 Å². The Morgan fingerprint density at radius 3 is 3.00 bits per heavy atom. The third-order valence-corrected chi connectivity index (χ3v) is 3.79. The number of sulfonamides is 1. The van der Waals surface area contributed by atoms with Gasteiger partial charge >= 0.3 is 0 Å². The molecule has 0 bridgehead atoms. The molecule has 0 spiro atoms. The molecular formula is C10H15N5O3S. The van der Waals surface area contributed by atoms with Gasteiger partial charge in [0.25, 0.3) is 0 Å². The highest BCUT2D eigenvalue weighted by Gasteiger charge is 2.16. The zero-order valence-electron chi connectivity index (χ0n) is 10.2. The number of aromatic nitrogens is 3. The Bertz CT molecular complexity index is 605. The smallest absolute Gasteiger partial charge is 0.244 e. The summed E-state index contributed by atoms with van der Waals surface area (Å²) in [4.78, 5) is 0.115. The summed E-state index contributed by atoms with van der Waals surface area (Å²) in [6.45, 7) is 1.18. The lowest BCUT2D eigenvalue weighted by atomic mass is 10.4. The molecule has 104 valence electrons. The number of rotatable bonds is 7. The molecule has 0 radical (unpaired) electrons. The number of hydrogen-bond donors (Lipinski definition) is 2. The highest BCUT2D eigenvalue weighted by atomic mass is 32.2. The molecule has 3 N–H and O–H groups in total. The van der Waals surface area contributed by atoms with E-state index in [1.54, 1.807) is 10.7 Å². The van der Waals surface area contributed by atoms with Crippen molar-refractivity contribution in [2.24, 2.45) is 5.73 Å². The van der Waals surface area contributed by atoms with Crippen LogP contribution in [0.25, 0.3) is 0 Å². The largest absolute Gasteiger partial charge is 0.360 e. The predicted molar refractivity (Wildman–Crippen MR) is 66.4 cm³/mol. The molecular weight excluding hydrogens is 270 g/mol. The van der Waals surface area contributed by atoms with Gasteiger partial charge in [-0.3, -0.25) is 4.68 Å². The summed E-state index contributed by atoms with van der Waals surface area (Å²) in [5.74, 6) is 0.444. The van der Waals surface area contributed by atoms with Crippen molar-refractivity contribution in [1.82, 2.24) is 19.7 Å². The maximum atomic E-state index is 12.0. The molecule has 0 aliphatic heterocycles. The summed E-state index contributed by atoms with van der Waals surface area (Å²) >= 11 is 0. The van der Waals surface area contributed by atoms with Crippen molar-refractivity contribution >= 4 is 10.0 Å². The Labute approximate surface area is 110 Å². The van der Waals surface area contributed by atoms with E-state index in [0.29, 0.717) is 18.8 Å². The van der Waals surface area contributed by atoms with E-state index in [2.05, 4.69) is 15.0 Å². The quantitative estimate of drug-likeness (QED) is 0.721. The lowest BCUT2D eigenvalue weighted by Gasteiger charge is -2.01. The summed E-state index contributed by atoms with van der Waals surface area (Å²) in [6, 6.07) is 1.59. The summed E-state index contributed by atoms with van der Waals surface area (Å²) < 4.78 is 32.7. The summed E-state index contributed by atoms with van der Waals surface area (Å²) in [6.07, 6.45) is 4.97. The van der Waals surface area contributed by atoms with E-state index in [4.69, 9.17) is 10.3 Å². The zero-order valence-corrected chi connectivity index (χ0v) is 11.0. The van der Waals surface area contributed by atoms with Crippen LogP contribution in [0.1, 0.15) is 12.2 Å². The van der Waals surface area contributed by atoms with Gasteiger partial charge < -0.3 is 10.3 Å². The lowest BCUT2D eigenvalue weighted by molar-refractivity contribution is 0.380. The Morgan fingerprint density at radius 1 is 1.47 bits per heavy atom. The van der Waals surface area contributed by atoms with Gasteiger partial charge in [0.05, 0.1) is 18.9 Å². The molecule has 0 aromatic carbocycles. The van der Waals surface area contributed by atoms with Gasteiger partial charge in [-0.05, 0) is 13.0 Å². The maximum absolute atomic E-state index is 12.0. The predicted octanol–water partition coefficient (Wildman–Crippen LogP) is -0.302. The van der Waals surface area contributed by atoms with E-state index in [1.807, 2.05) is 0 Å². The third kappa shape index (κ3) is 3.63. The molecule has 2 rings (SSSR count). The van der Waals surface area contributed by atoms with Gasteiger partial charge in [0, 0.05) is 18.8 Å². The van der Waals surface area contributed by atoms with E-state index in [1.165, 1.54) is 18.6 Å². The second-order valence-electron chi connectivity index (χ2n) is 3.88. The minimum atomic E-state index is -3.59.